The topological polar surface area (TPSA) is 67.3 Å². The summed E-state index contributed by atoms with van der Waals surface area (Å²) in [6.07, 6.45) is 4.81. The number of nitrogens with one attached hydrogen (secondary N) is 1. The predicted molar refractivity (Wildman–Crippen MR) is 77.4 cm³/mol. The van der Waals surface area contributed by atoms with E-state index in [9.17, 15) is 4.79 Å². The molecule has 2 saturated heterocycles. The molecule has 0 radical (unpaired) electrons. The van der Waals surface area contributed by atoms with Crippen molar-refractivity contribution >= 4 is 11.7 Å². The lowest BCUT2D eigenvalue weighted by Gasteiger charge is -2.38. The van der Waals surface area contributed by atoms with Gasteiger partial charge in [-0.25, -0.2) is 4.98 Å². The van der Waals surface area contributed by atoms with E-state index in [1.54, 1.807) is 19.4 Å². The van der Waals surface area contributed by atoms with E-state index < -0.39 is 0 Å². The van der Waals surface area contributed by atoms with Crippen LogP contribution in [0.1, 0.15) is 19.3 Å². The number of Topliss-reactive ketones (excluding diaryl/α,β-unsaturated/α-hetero) is 1. The van der Waals surface area contributed by atoms with Gasteiger partial charge in [0.15, 0.2) is 0 Å². The van der Waals surface area contributed by atoms with Crippen LogP contribution in [0.3, 0.4) is 0 Å². The Balaban J connectivity index is 1.61. The van der Waals surface area contributed by atoms with Gasteiger partial charge in [-0.3, -0.25) is 4.79 Å². The molecule has 0 amide bonds. The number of anilines is 1. The van der Waals surface area contributed by atoms with Gasteiger partial charge in [0.2, 0.25) is 11.8 Å². The number of nitrogens with zero attached hydrogens (tertiary/aromatic N) is 3. The minimum absolute atomic E-state index is 0.240. The largest absolute Gasteiger partial charge is 0.481 e. The third-order valence-corrected chi connectivity index (χ3v) is 4.88. The molecule has 3 fully saturated rings. The van der Waals surface area contributed by atoms with Crippen molar-refractivity contribution in [3.05, 3.63) is 12.3 Å². The first-order valence-electron chi connectivity index (χ1n) is 7.60. The second kappa shape index (κ2) is 4.66. The lowest BCUT2D eigenvalue weighted by Crippen LogP contribution is -2.50. The Hall–Kier alpha value is -1.69. The Morgan fingerprint density at radius 2 is 2.38 bits per heavy atom. The van der Waals surface area contributed by atoms with Crippen LogP contribution in [0.2, 0.25) is 0 Å². The first-order chi connectivity index (χ1) is 10.2. The molecular weight excluding hydrogens is 268 g/mol. The van der Waals surface area contributed by atoms with E-state index in [0.717, 1.165) is 38.9 Å². The summed E-state index contributed by atoms with van der Waals surface area (Å²) in [5, 5.41) is 3.50. The molecule has 2 aliphatic heterocycles. The number of rotatable bonds is 4. The van der Waals surface area contributed by atoms with Gasteiger partial charge < -0.3 is 15.0 Å². The zero-order chi connectivity index (χ0) is 14.4. The number of aromatic nitrogens is 2. The molecule has 4 rings (SSSR count). The predicted octanol–water partition coefficient (Wildman–Crippen LogP) is 0.633. The number of fused-ring (bicyclic) bond motifs is 2. The summed E-state index contributed by atoms with van der Waals surface area (Å²) in [4.78, 5) is 23.6. The van der Waals surface area contributed by atoms with Gasteiger partial charge in [-0.15, -0.1) is 0 Å². The van der Waals surface area contributed by atoms with E-state index in [4.69, 9.17) is 4.74 Å². The highest BCUT2D eigenvalue weighted by molar-refractivity contribution is 5.90. The highest BCUT2D eigenvalue weighted by Crippen LogP contribution is 2.44. The Bertz CT molecular complexity index is 575. The van der Waals surface area contributed by atoms with Gasteiger partial charge in [0.25, 0.3) is 0 Å². The van der Waals surface area contributed by atoms with Crippen LogP contribution in [0, 0.1) is 11.3 Å². The van der Waals surface area contributed by atoms with Crippen molar-refractivity contribution in [2.45, 2.75) is 25.3 Å². The maximum atomic E-state index is 12.7. The standard InChI is InChI=1S/C15H20N4O2/c1-21-12-4-5-16-14(18-12)19-7-11-6-15(9-19,8-17-11)13(20)10-2-3-10/h4-5,10-11,17H,2-3,6-9H2,1H3. The number of piperidine rings is 1. The molecule has 112 valence electrons. The Labute approximate surface area is 123 Å². The van der Waals surface area contributed by atoms with Crippen LogP contribution in [0.25, 0.3) is 0 Å². The molecular formula is C15H20N4O2. The molecule has 1 saturated carbocycles. The fraction of sp³-hybridized carbons (Fsp3) is 0.667. The van der Waals surface area contributed by atoms with Crippen LogP contribution in [0.5, 0.6) is 5.88 Å². The van der Waals surface area contributed by atoms with Crippen LogP contribution in [0.15, 0.2) is 12.3 Å². The van der Waals surface area contributed by atoms with Crippen LogP contribution in [0.4, 0.5) is 5.95 Å². The molecule has 1 aromatic heterocycles. The van der Waals surface area contributed by atoms with Crippen molar-refractivity contribution in [1.29, 1.82) is 0 Å². The Morgan fingerprint density at radius 3 is 3.14 bits per heavy atom. The summed E-state index contributed by atoms with van der Waals surface area (Å²) in [6, 6.07) is 2.10. The quantitative estimate of drug-likeness (QED) is 0.876. The lowest BCUT2D eigenvalue weighted by molar-refractivity contribution is -0.129. The van der Waals surface area contributed by atoms with E-state index in [0.29, 0.717) is 29.6 Å². The van der Waals surface area contributed by atoms with Crippen LogP contribution in [-0.4, -0.2) is 48.5 Å². The molecule has 0 aromatic carbocycles. The average Bonchev–Trinajstić information content (AvgIpc) is 3.32. The second-order valence-corrected chi connectivity index (χ2v) is 6.48. The van der Waals surface area contributed by atoms with Gasteiger partial charge in [0.1, 0.15) is 5.78 Å². The summed E-state index contributed by atoms with van der Waals surface area (Å²) in [6.45, 7) is 2.37. The number of methoxy groups -OCH3 is 1. The van der Waals surface area contributed by atoms with Crippen LogP contribution < -0.4 is 15.0 Å². The Kier molecular flexibility index (Phi) is 2.89. The highest BCUT2D eigenvalue weighted by Gasteiger charge is 2.53. The molecule has 21 heavy (non-hydrogen) atoms. The number of ether oxygens (including phenoxy) is 1. The van der Waals surface area contributed by atoms with E-state index in [-0.39, 0.29) is 5.41 Å². The fourth-order valence-electron chi connectivity index (χ4n) is 3.70. The van der Waals surface area contributed by atoms with Crippen molar-refractivity contribution in [2.75, 3.05) is 31.6 Å². The molecule has 2 bridgehead atoms. The average molecular weight is 288 g/mol. The van der Waals surface area contributed by atoms with Gasteiger partial charge in [-0.1, -0.05) is 0 Å². The minimum atomic E-state index is -0.240. The number of carbonyl (C=O) groups is 1. The number of hydrogen-bond acceptors (Lipinski definition) is 6. The third kappa shape index (κ3) is 2.18. The van der Waals surface area contributed by atoms with Crippen molar-refractivity contribution in [3.8, 4) is 5.88 Å². The van der Waals surface area contributed by atoms with Crippen molar-refractivity contribution < 1.29 is 9.53 Å². The molecule has 1 aliphatic carbocycles. The zero-order valence-corrected chi connectivity index (χ0v) is 12.2. The van der Waals surface area contributed by atoms with E-state index >= 15 is 0 Å². The summed E-state index contributed by atoms with van der Waals surface area (Å²) in [5.74, 6) is 1.98. The molecule has 1 N–H and O–H groups in total. The molecule has 2 unspecified atom stereocenters. The van der Waals surface area contributed by atoms with E-state index in [2.05, 4.69) is 20.2 Å². The van der Waals surface area contributed by atoms with Gasteiger partial charge in [-0.2, -0.15) is 4.98 Å². The zero-order valence-electron chi connectivity index (χ0n) is 12.2. The number of carbonyl (C=O) groups excluding carboxylic acids is 1. The summed E-state index contributed by atoms with van der Waals surface area (Å²) >= 11 is 0. The van der Waals surface area contributed by atoms with Gasteiger partial charge >= 0.3 is 0 Å². The second-order valence-electron chi connectivity index (χ2n) is 6.48. The minimum Gasteiger partial charge on any atom is -0.481 e. The van der Waals surface area contributed by atoms with Crippen molar-refractivity contribution in [2.24, 2.45) is 11.3 Å². The van der Waals surface area contributed by atoms with Crippen LogP contribution in [-0.2, 0) is 4.79 Å². The smallest absolute Gasteiger partial charge is 0.228 e. The van der Waals surface area contributed by atoms with Gasteiger partial charge in [0.05, 0.1) is 12.5 Å². The molecule has 3 heterocycles. The first-order valence-corrected chi connectivity index (χ1v) is 7.60. The maximum absolute atomic E-state index is 12.7. The Morgan fingerprint density at radius 1 is 1.52 bits per heavy atom. The summed E-state index contributed by atoms with van der Waals surface area (Å²) < 4.78 is 5.18. The summed E-state index contributed by atoms with van der Waals surface area (Å²) in [7, 11) is 1.60. The number of ketones is 1. The lowest BCUT2D eigenvalue weighted by atomic mass is 9.76. The van der Waals surface area contributed by atoms with Gasteiger partial charge in [0, 0.05) is 43.9 Å². The molecule has 6 heteroatoms. The molecule has 2 atom stereocenters. The summed E-state index contributed by atoms with van der Waals surface area (Å²) in [5.41, 5.74) is -0.240. The maximum Gasteiger partial charge on any atom is 0.228 e. The SMILES string of the molecule is COc1ccnc(N2CC3CC(C(=O)C4CC4)(CN3)C2)n1. The fourth-order valence-corrected chi connectivity index (χ4v) is 3.70. The highest BCUT2D eigenvalue weighted by atomic mass is 16.5. The monoisotopic (exact) mass is 288 g/mol. The normalized spacial score (nSPS) is 31.3. The third-order valence-electron chi connectivity index (χ3n) is 4.88. The molecule has 0 spiro atoms. The van der Waals surface area contributed by atoms with E-state index in [1.165, 1.54) is 0 Å². The first kappa shape index (κ1) is 13.0. The van der Waals surface area contributed by atoms with Crippen molar-refractivity contribution in [1.82, 2.24) is 15.3 Å². The molecule has 1 aromatic rings. The molecule has 6 nitrogen and oxygen atoms in total. The van der Waals surface area contributed by atoms with E-state index in [1.807, 2.05) is 0 Å². The number of hydrogen-bond donors (Lipinski definition) is 1. The van der Waals surface area contributed by atoms with Crippen molar-refractivity contribution in [3.63, 3.8) is 0 Å². The van der Waals surface area contributed by atoms with Crippen LogP contribution >= 0.6 is 0 Å². The molecule has 3 aliphatic rings. The van der Waals surface area contributed by atoms with Gasteiger partial charge in [-0.05, 0) is 19.3 Å².